The minimum Gasteiger partial charge on any atom is -0.435 e. The minimum absolute atomic E-state index is 0.0258. The van der Waals surface area contributed by atoms with Crippen molar-refractivity contribution >= 4 is 25.7 Å². The zero-order chi connectivity index (χ0) is 9.61. The van der Waals surface area contributed by atoms with Crippen LogP contribution in [-0.2, 0) is 18.6 Å². The maximum atomic E-state index is 10.6. The predicted octanol–water partition coefficient (Wildman–Crippen LogP) is 1.02. The third kappa shape index (κ3) is 7.56. The van der Waals surface area contributed by atoms with E-state index in [0.29, 0.717) is 0 Å². The molecule has 0 heterocycles. The van der Waals surface area contributed by atoms with Crippen molar-refractivity contribution in [2.24, 2.45) is 0 Å². The summed E-state index contributed by atoms with van der Waals surface area (Å²) in [6.07, 6.45) is 1.19. The molecule has 0 rings (SSSR count). The summed E-state index contributed by atoms with van der Waals surface area (Å²) in [5.74, 6) is -0.730. The van der Waals surface area contributed by atoms with E-state index in [-0.39, 0.29) is 18.6 Å². The van der Waals surface area contributed by atoms with E-state index in [0.717, 1.165) is 6.26 Å². The zero-order valence-electron chi connectivity index (χ0n) is 6.32. The number of hydrogen-bond acceptors (Lipinski definition) is 4. The van der Waals surface area contributed by atoms with Gasteiger partial charge in [-0.25, -0.2) is 8.42 Å². The Morgan fingerprint density at radius 2 is 2.17 bits per heavy atom. The Hall–Kier alpha value is -0.550. The molecular weight excluding hydrogens is 204 g/mol. The highest BCUT2D eigenvalue weighted by atomic mass is 35.7. The molecule has 70 valence electrons. The molecule has 0 aromatic rings. The first-order valence-corrected chi connectivity index (χ1v) is 5.66. The van der Waals surface area contributed by atoms with Crippen molar-refractivity contribution in [3.8, 4) is 0 Å². The number of carbonyl (C=O) groups is 1. The second kappa shape index (κ2) is 5.16. The molecular formula is C6H9ClO4S. The van der Waals surface area contributed by atoms with Crippen LogP contribution >= 0.6 is 10.7 Å². The molecule has 0 amide bonds. The van der Waals surface area contributed by atoms with Gasteiger partial charge >= 0.3 is 5.97 Å². The topological polar surface area (TPSA) is 60.4 Å². The van der Waals surface area contributed by atoms with Crippen LogP contribution < -0.4 is 0 Å². The minimum atomic E-state index is -3.50. The second-order valence-corrected chi connectivity index (χ2v) is 4.90. The van der Waals surface area contributed by atoms with Gasteiger partial charge in [0.2, 0.25) is 9.05 Å². The van der Waals surface area contributed by atoms with Crippen molar-refractivity contribution in [1.82, 2.24) is 0 Å². The lowest BCUT2D eigenvalue weighted by Crippen LogP contribution is -2.03. The van der Waals surface area contributed by atoms with E-state index in [9.17, 15) is 13.2 Å². The number of ether oxygens (including phenoxy) is 1. The molecule has 0 saturated carbocycles. The van der Waals surface area contributed by atoms with Crippen molar-refractivity contribution < 1.29 is 17.9 Å². The van der Waals surface area contributed by atoms with Gasteiger partial charge in [0.05, 0.1) is 12.0 Å². The lowest BCUT2D eigenvalue weighted by Gasteiger charge is -1.96. The normalized spacial score (nSPS) is 10.8. The Labute approximate surface area is 75.6 Å². The highest BCUT2D eigenvalue weighted by Gasteiger charge is 2.07. The number of halogens is 1. The Morgan fingerprint density at radius 3 is 2.58 bits per heavy atom. The maximum absolute atomic E-state index is 10.6. The lowest BCUT2D eigenvalue weighted by molar-refractivity contribution is -0.137. The van der Waals surface area contributed by atoms with E-state index in [4.69, 9.17) is 10.7 Å². The molecule has 0 bridgehead atoms. The van der Waals surface area contributed by atoms with Gasteiger partial charge in [0.1, 0.15) is 0 Å². The van der Waals surface area contributed by atoms with E-state index in [1.165, 1.54) is 0 Å². The standard InChI is InChI=1S/C6H9ClO4S/c1-2-11-6(8)4-3-5-12(7,9)10/h2H,1,3-5H2. The van der Waals surface area contributed by atoms with Crippen LogP contribution in [0.15, 0.2) is 12.8 Å². The van der Waals surface area contributed by atoms with Crippen LogP contribution in [-0.4, -0.2) is 20.1 Å². The summed E-state index contributed by atoms with van der Waals surface area (Å²) in [5, 5.41) is 0. The fourth-order valence-electron chi connectivity index (χ4n) is 0.541. The zero-order valence-corrected chi connectivity index (χ0v) is 7.90. The van der Waals surface area contributed by atoms with Crippen molar-refractivity contribution in [2.45, 2.75) is 12.8 Å². The molecule has 0 aromatic carbocycles. The van der Waals surface area contributed by atoms with E-state index >= 15 is 0 Å². The molecule has 12 heavy (non-hydrogen) atoms. The van der Waals surface area contributed by atoms with E-state index in [2.05, 4.69) is 11.3 Å². The Balaban J connectivity index is 3.57. The van der Waals surface area contributed by atoms with Crippen LogP contribution in [0.3, 0.4) is 0 Å². The first kappa shape index (κ1) is 11.4. The second-order valence-electron chi connectivity index (χ2n) is 2.00. The molecule has 0 spiro atoms. The molecule has 0 N–H and O–H groups in total. The first-order chi connectivity index (χ1) is 5.45. The average molecular weight is 213 g/mol. The number of hydrogen-bond donors (Lipinski definition) is 0. The summed E-state index contributed by atoms with van der Waals surface area (Å²) in [5.41, 5.74) is 0. The number of rotatable bonds is 5. The Kier molecular flexibility index (Phi) is 4.92. The van der Waals surface area contributed by atoms with Crippen LogP contribution in [0.25, 0.3) is 0 Å². The van der Waals surface area contributed by atoms with Crippen LogP contribution in [0.5, 0.6) is 0 Å². The Morgan fingerprint density at radius 1 is 1.58 bits per heavy atom. The molecule has 0 fully saturated rings. The molecule has 0 unspecified atom stereocenters. The summed E-state index contributed by atoms with van der Waals surface area (Å²) in [6, 6.07) is 0. The summed E-state index contributed by atoms with van der Waals surface area (Å²) in [6.45, 7) is 3.17. The lowest BCUT2D eigenvalue weighted by atomic mass is 10.3. The predicted molar refractivity (Wildman–Crippen MR) is 45.2 cm³/mol. The summed E-state index contributed by atoms with van der Waals surface area (Å²) >= 11 is 0. The Bertz CT molecular complexity index is 257. The molecule has 0 aliphatic heterocycles. The SMILES string of the molecule is C=COC(=O)CCCS(=O)(=O)Cl. The maximum Gasteiger partial charge on any atom is 0.310 e. The fourth-order valence-corrected chi connectivity index (χ4v) is 1.36. The highest BCUT2D eigenvalue weighted by molar-refractivity contribution is 8.13. The van der Waals surface area contributed by atoms with Gasteiger partial charge in [0.25, 0.3) is 0 Å². The summed E-state index contributed by atoms with van der Waals surface area (Å²) < 4.78 is 25.1. The van der Waals surface area contributed by atoms with E-state index < -0.39 is 15.0 Å². The molecule has 0 atom stereocenters. The molecule has 0 radical (unpaired) electrons. The van der Waals surface area contributed by atoms with Gasteiger partial charge in [-0.1, -0.05) is 6.58 Å². The largest absolute Gasteiger partial charge is 0.435 e. The van der Waals surface area contributed by atoms with Gasteiger partial charge in [0.15, 0.2) is 0 Å². The highest BCUT2D eigenvalue weighted by Crippen LogP contribution is 2.02. The van der Waals surface area contributed by atoms with Crippen LogP contribution in [0.4, 0.5) is 0 Å². The molecule has 0 aliphatic carbocycles. The molecule has 0 saturated heterocycles. The molecule has 6 heteroatoms. The number of carbonyl (C=O) groups excluding carboxylic acids is 1. The van der Waals surface area contributed by atoms with Gasteiger partial charge in [-0.3, -0.25) is 4.79 Å². The third-order valence-electron chi connectivity index (χ3n) is 0.984. The fraction of sp³-hybridized carbons (Fsp3) is 0.500. The van der Waals surface area contributed by atoms with Gasteiger partial charge in [-0.2, -0.15) is 0 Å². The molecule has 4 nitrogen and oxygen atoms in total. The monoisotopic (exact) mass is 212 g/mol. The summed E-state index contributed by atoms with van der Waals surface area (Å²) in [7, 11) is 1.40. The smallest absolute Gasteiger partial charge is 0.310 e. The first-order valence-electron chi connectivity index (χ1n) is 3.18. The summed E-state index contributed by atoms with van der Waals surface area (Å²) in [4.78, 5) is 10.6. The van der Waals surface area contributed by atoms with E-state index in [1.54, 1.807) is 0 Å². The van der Waals surface area contributed by atoms with Crippen LogP contribution in [0.2, 0.25) is 0 Å². The van der Waals surface area contributed by atoms with Gasteiger partial charge in [0, 0.05) is 17.1 Å². The van der Waals surface area contributed by atoms with Gasteiger partial charge in [-0.05, 0) is 6.42 Å². The van der Waals surface area contributed by atoms with Gasteiger partial charge in [-0.15, -0.1) is 0 Å². The quantitative estimate of drug-likeness (QED) is 0.388. The van der Waals surface area contributed by atoms with Crippen LogP contribution in [0, 0.1) is 0 Å². The van der Waals surface area contributed by atoms with Crippen molar-refractivity contribution in [2.75, 3.05) is 5.75 Å². The van der Waals surface area contributed by atoms with Crippen molar-refractivity contribution in [1.29, 1.82) is 0 Å². The molecule has 0 aliphatic rings. The third-order valence-corrected chi connectivity index (χ3v) is 2.22. The van der Waals surface area contributed by atoms with E-state index in [1.807, 2.05) is 0 Å². The van der Waals surface area contributed by atoms with Crippen LogP contribution in [0.1, 0.15) is 12.8 Å². The van der Waals surface area contributed by atoms with Gasteiger partial charge < -0.3 is 4.74 Å². The molecule has 0 aromatic heterocycles. The van der Waals surface area contributed by atoms with Crippen molar-refractivity contribution in [3.63, 3.8) is 0 Å². The number of esters is 1. The van der Waals surface area contributed by atoms with Crippen molar-refractivity contribution in [3.05, 3.63) is 12.8 Å². The average Bonchev–Trinajstić information content (AvgIpc) is 1.84.